The molecule has 22 heavy (non-hydrogen) atoms. The molecule has 0 saturated heterocycles. The molecule has 0 aliphatic rings. The molecule has 0 rings (SSSR count). The number of hydrogen-bond donors (Lipinski definition) is 2. The third-order valence-corrected chi connectivity index (χ3v) is 4.00. The van der Waals surface area contributed by atoms with Crippen molar-refractivity contribution in [3.8, 4) is 0 Å². The lowest BCUT2D eigenvalue weighted by Crippen LogP contribution is -2.46. The first kappa shape index (κ1) is 21.2. The second kappa shape index (κ2) is 10.8. The summed E-state index contributed by atoms with van der Waals surface area (Å²) in [6, 6.07) is 0.450. The van der Waals surface area contributed by atoms with Gasteiger partial charge in [-0.05, 0) is 32.4 Å². The van der Waals surface area contributed by atoms with Gasteiger partial charge in [-0.25, -0.2) is 0 Å². The molecule has 0 spiro atoms. The van der Waals surface area contributed by atoms with Crippen LogP contribution in [0, 0.1) is 5.41 Å². The van der Waals surface area contributed by atoms with Crippen molar-refractivity contribution in [2.24, 2.45) is 10.4 Å². The predicted octanol–water partition coefficient (Wildman–Crippen LogP) is 2.33. The quantitative estimate of drug-likeness (QED) is 0.506. The number of hydrogen-bond acceptors (Lipinski definition) is 3. The molecular formula is C17H38N4O. The molecule has 5 nitrogen and oxygen atoms in total. The van der Waals surface area contributed by atoms with Crippen LogP contribution < -0.4 is 10.6 Å². The normalized spacial score (nSPS) is 15.8. The number of guanidine groups is 1. The molecular weight excluding hydrogens is 276 g/mol. The molecule has 0 aliphatic carbocycles. The van der Waals surface area contributed by atoms with Crippen LogP contribution in [0.5, 0.6) is 0 Å². The molecule has 5 heteroatoms. The summed E-state index contributed by atoms with van der Waals surface area (Å²) in [6.45, 7) is 19.8. The van der Waals surface area contributed by atoms with Gasteiger partial charge in [-0.1, -0.05) is 34.6 Å². The molecule has 0 heterocycles. The van der Waals surface area contributed by atoms with Gasteiger partial charge in [0.2, 0.25) is 0 Å². The first-order chi connectivity index (χ1) is 10.3. The van der Waals surface area contributed by atoms with E-state index in [-0.39, 0.29) is 11.5 Å². The summed E-state index contributed by atoms with van der Waals surface area (Å²) in [6.07, 6.45) is 0.150. The largest absolute Gasteiger partial charge is 0.379 e. The van der Waals surface area contributed by atoms with Gasteiger partial charge in [-0.3, -0.25) is 9.89 Å². The molecule has 2 N–H and O–H groups in total. The van der Waals surface area contributed by atoms with Crippen molar-refractivity contribution >= 4 is 5.96 Å². The Bertz CT molecular complexity index is 308. The fourth-order valence-corrected chi connectivity index (χ4v) is 2.46. The summed E-state index contributed by atoms with van der Waals surface area (Å²) in [5.74, 6) is 0.868. The zero-order valence-electron chi connectivity index (χ0n) is 16.0. The number of nitrogens with zero attached hydrogens (tertiary/aromatic N) is 2. The number of likely N-dealkylation sites (N-methyl/N-ethyl adjacent to an activating group) is 1. The summed E-state index contributed by atoms with van der Waals surface area (Å²) < 4.78 is 5.59. The van der Waals surface area contributed by atoms with E-state index in [1.165, 1.54) is 0 Å². The van der Waals surface area contributed by atoms with Gasteiger partial charge in [0.1, 0.15) is 0 Å². The van der Waals surface area contributed by atoms with Crippen molar-refractivity contribution in [2.45, 2.75) is 60.6 Å². The maximum Gasteiger partial charge on any atom is 0.191 e. The van der Waals surface area contributed by atoms with Gasteiger partial charge >= 0.3 is 0 Å². The molecule has 0 fully saturated rings. The molecule has 0 radical (unpaired) electrons. The second-order valence-corrected chi connectivity index (χ2v) is 6.76. The van der Waals surface area contributed by atoms with Crippen LogP contribution in [0.25, 0.3) is 0 Å². The SMILES string of the molecule is CCNC(=NCC(C)N(CC)CC)NCC(OC)C(C)(C)C. The second-order valence-electron chi connectivity index (χ2n) is 6.76. The molecule has 0 aliphatic heterocycles. The number of ether oxygens (including phenoxy) is 1. The highest BCUT2D eigenvalue weighted by molar-refractivity contribution is 5.79. The zero-order chi connectivity index (χ0) is 17.2. The van der Waals surface area contributed by atoms with Crippen molar-refractivity contribution in [2.75, 3.05) is 39.8 Å². The van der Waals surface area contributed by atoms with Crippen LogP contribution in [0.15, 0.2) is 4.99 Å². The number of rotatable bonds is 9. The van der Waals surface area contributed by atoms with Gasteiger partial charge in [-0.15, -0.1) is 0 Å². The van der Waals surface area contributed by atoms with Gasteiger partial charge in [0.05, 0.1) is 12.6 Å². The number of nitrogens with one attached hydrogen (secondary N) is 2. The van der Waals surface area contributed by atoms with E-state index in [0.29, 0.717) is 6.04 Å². The van der Waals surface area contributed by atoms with E-state index in [1.807, 2.05) is 0 Å². The Labute approximate surface area is 137 Å². The Morgan fingerprint density at radius 1 is 1.14 bits per heavy atom. The average molecular weight is 315 g/mol. The third kappa shape index (κ3) is 7.99. The molecule has 0 amide bonds. The highest BCUT2D eigenvalue weighted by Crippen LogP contribution is 2.20. The summed E-state index contributed by atoms with van der Waals surface area (Å²) in [5, 5.41) is 6.71. The van der Waals surface area contributed by atoms with Crippen molar-refractivity contribution in [3.05, 3.63) is 0 Å². The highest BCUT2D eigenvalue weighted by Gasteiger charge is 2.24. The Balaban J connectivity index is 4.61. The van der Waals surface area contributed by atoms with Crippen LogP contribution in [-0.4, -0.2) is 62.8 Å². The van der Waals surface area contributed by atoms with Gasteiger partial charge in [0.15, 0.2) is 5.96 Å². The molecule has 132 valence electrons. The first-order valence-electron chi connectivity index (χ1n) is 8.59. The minimum atomic E-state index is 0.105. The van der Waals surface area contributed by atoms with Crippen molar-refractivity contribution in [3.63, 3.8) is 0 Å². The van der Waals surface area contributed by atoms with Crippen LogP contribution >= 0.6 is 0 Å². The first-order valence-corrected chi connectivity index (χ1v) is 8.59. The van der Waals surface area contributed by atoms with E-state index in [2.05, 4.69) is 64.0 Å². The van der Waals surface area contributed by atoms with Crippen molar-refractivity contribution < 1.29 is 4.74 Å². The van der Waals surface area contributed by atoms with Crippen molar-refractivity contribution in [1.82, 2.24) is 15.5 Å². The molecule has 2 atom stereocenters. The summed E-state index contributed by atoms with van der Waals surface area (Å²) >= 11 is 0. The predicted molar refractivity (Wildman–Crippen MR) is 96.6 cm³/mol. The molecule has 0 aromatic rings. The van der Waals surface area contributed by atoms with Crippen LogP contribution in [0.3, 0.4) is 0 Å². The van der Waals surface area contributed by atoms with Crippen LogP contribution in [-0.2, 0) is 4.74 Å². The number of methoxy groups -OCH3 is 1. The summed E-state index contributed by atoms with van der Waals surface area (Å²) in [4.78, 5) is 7.13. The minimum absolute atomic E-state index is 0.105. The summed E-state index contributed by atoms with van der Waals surface area (Å²) in [7, 11) is 1.77. The fraction of sp³-hybridized carbons (Fsp3) is 0.941. The molecule has 0 aromatic heterocycles. The molecule has 0 saturated carbocycles. The van der Waals surface area contributed by atoms with Gasteiger partial charge in [0.25, 0.3) is 0 Å². The number of aliphatic imine (C=N–C) groups is 1. The lowest BCUT2D eigenvalue weighted by molar-refractivity contribution is 0.0205. The standard InChI is InChI=1S/C17H38N4O/c1-9-18-16(19-12-14(4)21(10-2)11-3)20-13-15(22-8)17(5,6)7/h14-15H,9-13H2,1-8H3,(H2,18,19,20). The van der Waals surface area contributed by atoms with E-state index in [0.717, 1.165) is 38.7 Å². The van der Waals surface area contributed by atoms with E-state index in [4.69, 9.17) is 9.73 Å². The van der Waals surface area contributed by atoms with E-state index in [1.54, 1.807) is 7.11 Å². The Kier molecular flexibility index (Phi) is 10.4. The van der Waals surface area contributed by atoms with E-state index >= 15 is 0 Å². The van der Waals surface area contributed by atoms with E-state index in [9.17, 15) is 0 Å². The average Bonchev–Trinajstić information content (AvgIpc) is 2.45. The fourth-order valence-electron chi connectivity index (χ4n) is 2.46. The molecule has 2 unspecified atom stereocenters. The topological polar surface area (TPSA) is 48.9 Å². The zero-order valence-corrected chi connectivity index (χ0v) is 16.0. The Morgan fingerprint density at radius 2 is 1.73 bits per heavy atom. The summed E-state index contributed by atoms with van der Waals surface area (Å²) in [5.41, 5.74) is 0.105. The van der Waals surface area contributed by atoms with Gasteiger partial charge in [0, 0.05) is 26.2 Å². The Hall–Kier alpha value is -0.810. The van der Waals surface area contributed by atoms with E-state index < -0.39 is 0 Å². The highest BCUT2D eigenvalue weighted by atomic mass is 16.5. The maximum atomic E-state index is 5.59. The lowest BCUT2D eigenvalue weighted by Gasteiger charge is -2.30. The van der Waals surface area contributed by atoms with Crippen molar-refractivity contribution in [1.29, 1.82) is 0 Å². The molecule has 0 aromatic carbocycles. The van der Waals surface area contributed by atoms with Crippen LogP contribution in [0.4, 0.5) is 0 Å². The Morgan fingerprint density at radius 3 is 2.14 bits per heavy atom. The monoisotopic (exact) mass is 314 g/mol. The smallest absolute Gasteiger partial charge is 0.191 e. The van der Waals surface area contributed by atoms with Crippen LogP contribution in [0.1, 0.15) is 48.5 Å². The van der Waals surface area contributed by atoms with Crippen LogP contribution in [0.2, 0.25) is 0 Å². The van der Waals surface area contributed by atoms with Gasteiger partial charge < -0.3 is 15.4 Å². The van der Waals surface area contributed by atoms with Gasteiger partial charge in [-0.2, -0.15) is 0 Å². The molecule has 0 bridgehead atoms. The maximum absolute atomic E-state index is 5.59. The third-order valence-electron chi connectivity index (χ3n) is 4.00. The minimum Gasteiger partial charge on any atom is -0.379 e. The lowest BCUT2D eigenvalue weighted by atomic mass is 9.89.